The molecular formula is C16H15N3O2. The van der Waals surface area contributed by atoms with Gasteiger partial charge in [-0.3, -0.25) is 4.79 Å². The maximum Gasteiger partial charge on any atom is 0.251 e. The third kappa shape index (κ3) is 3.02. The standard InChI is InChI=1S/C16H15N3O2/c20-15-3-1-12(2-4-15)5-7-18-16(21)13-6-8-19-11-17-10-14(19)9-13/h1-4,6,8-11,20H,5,7H2,(H,18,21). The van der Waals surface area contributed by atoms with Gasteiger partial charge in [-0.25, -0.2) is 4.98 Å². The summed E-state index contributed by atoms with van der Waals surface area (Å²) in [6, 6.07) is 10.6. The highest BCUT2D eigenvalue weighted by molar-refractivity contribution is 5.95. The summed E-state index contributed by atoms with van der Waals surface area (Å²) in [5.41, 5.74) is 2.58. The third-order valence-corrected chi connectivity index (χ3v) is 3.31. The van der Waals surface area contributed by atoms with Gasteiger partial charge in [0, 0.05) is 18.3 Å². The molecule has 0 aliphatic heterocycles. The number of carbonyl (C=O) groups excluding carboxylic acids is 1. The quantitative estimate of drug-likeness (QED) is 0.768. The average molecular weight is 281 g/mol. The average Bonchev–Trinajstić information content (AvgIpc) is 2.96. The molecule has 2 heterocycles. The molecule has 2 aromatic heterocycles. The third-order valence-electron chi connectivity index (χ3n) is 3.31. The van der Waals surface area contributed by atoms with Gasteiger partial charge in [0.05, 0.1) is 18.0 Å². The van der Waals surface area contributed by atoms with E-state index < -0.39 is 0 Å². The van der Waals surface area contributed by atoms with Crippen molar-refractivity contribution in [3.8, 4) is 5.75 Å². The summed E-state index contributed by atoms with van der Waals surface area (Å²) in [7, 11) is 0. The molecule has 0 aliphatic rings. The van der Waals surface area contributed by atoms with Crippen LogP contribution < -0.4 is 5.32 Å². The molecule has 106 valence electrons. The fourth-order valence-corrected chi connectivity index (χ4v) is 2.15. The molecule has 0 fully saturated rings. The van der Waals surface area contributed by atoms with Crippen LogP contribution in [0.25, 0.3) is 5.52 Å². The van der Waals surface area contributed by atoms with E-state index in [1.807, 2.05) is 28.8 Å². The molecule has 1 amide bonds. The Kier molecular flexibility index (Phi) is 3.55. The van der Waals surface area contributed by atoms with Crippen molar-refractivity contribution in [3.63, 3.8) is 0 Å². The van der Waals surface area contributed by atoms with Crippen LogP contribution in [0.1, 0.15) is 15.9 Å². The number of aromatic nitrogens is 2. The first-order valence-electron chi connectivity index (χ1n) is 6.70. The first-order chi connectivity index (χ1) is 10.2. The van der Waals surface area contributed by atoms with Crippen molar-refractivity contribution in [3.05, 3.63) is 66.2 Å². The Bertz CT molecular complexity index is 763. The van der Waals surface area contributed by atoms with Crippen molar-refractivity contribution in [1.82, 2.24) is 14.7 Å². The number of pyridine rings is 1. The Labute approximate surface area is 121 Å². The Morgan fingerprint density at radius 1 is 1.24 bits per heavy atom. The summed E-state index contributed by atoms with van der Waals surface area (Å²) in [5.74, 6) is 0.148. The fraction of sp³-hybridized carbons (Fsp3) is 0.125. The molecule has 0 spiro atoms. The van der Waals surface area contributed by atoms with Crippen LogP contribution >= 0.6 is 0 Å². The van der Waals surface area contributed by atoms with Gasteiger partial charge in [-0.05, 0) is 36.2 Å². The lowest BCUT2D eigenvalue weighted by atomic mass is 10.1. The Morgan fingerprint density at radius 2 is 2.05 bits per heavy atom. The lowest BCUT2D eigenvalue weighted by molar-refractivity contribution is 0.0954. The van der Waals surface area contributed by atoms with E-state index in [0.29, 0.717) is 12.1 Å². The topological polar surface area (TPSA) is 66.6 Å². The van der Waals surface area contributed by atoms with Crippen LogP contribution in [0, 0.1) is 0 Å². The van der Waals surface area contributed by atoms with Crippen molar-refractivity contribution in [2.75, 3.05) is 6.54 Å². The van der Waals surface area contributed by atoms with Crippen LogP contribution in [0.15, 0.2) is 55.1 Å². The second kappa shape index (κ2) is 5.66. The van der Waals surface area contributed by atoms with E-state index in [9.17, 15) is 9.90 Å². The summed E-state index contributed by atoms with van der Waals surface area (Å²) in [5, 5.41) is 12.1. The molecule has 21 heavy (non-hydrogen) atoms. The van der Waals surface area contributed by atoms with Crippen molar-refractivity contribution in [1.29, 1.82) is 0 Å². The number of hydrogen-bond donors (Lipinski definition) is 2. The minimum Gasteiger partial charge on any atom is -0.508 e. The van der Waals surface area contributed by atoms with E-state index >= 15 is 0 Å². The fourth-order valence-electron chi connectivity index (χ4n) is 2.15. The van der Waals surface area contributed by atoms with Gasteiger partial charge in [0.2, 0.25) is 0 Å². The summed E-state index contributed by atoms with van der Waals surface area (Å²) in [6.07, 6.45) is 5.95. The molecule has 5 heteroatoms. The van der Waals surface area contributed by atoms with Crippen molar-refractivity contribution < 1.29 is 9.90 Å². The van der Waals surface area contributed by atoms with Gasteiger partial charge in [-0.15, -0.1) is 0 Å². The number of hydrogen-bond acceptors (Lipinski definition) is 3. The van der Waals surface area contributed by atoms with Crippen LogP contribution in [0.4, 0.5) is 0 Å². The van der Waals surface area contributed by atoms with Gasteiger partial charge in [0.1, 0.15) is 5.75 Å². The summed E-state index contributed by atoms with van der Waals surface area (Å²) in [4.78, 5) is 16.1. The molecule has 0 saturated carbocycles. The normalized spacial score (nSPS) is 10.7. The summed E-state index contributed by atoms with van der Waals surface area (Å²) >= 11 is 0. The predicted molar refractivity (Wildman–Crippen MR) is 79.3 cm³/mol. The molecule has 0 atom stereocenters. The summed E-state index contributed by atoms with van der Waals surface area (Å²) in [6.45, 7) is 0.550. The zero-order valence-corrected chi connectivity index (χ0v) is 11.4. The minimum atomic E-state index is -0.0996. The smallest absolute Gasteiger partial charge is 0.251 e. The highest BCUT2D eigenvalue weighted by atomic mass is 16.3. The van der Waals surface area contributed by atoms with Crippen molar-refractivity contribution in [2.45, 2.75) is 6.42 Å². The number of nitrogens with zero attached hydrogens (tertiary/aromatic N) is 2. The first-order valence-corrected chi connectivity index (χ1v) is 6.70. The maximum absolute atomic E-state index is 12.1. The molecule has 3 aromatic rings. The van der Waals surface area contributed by atoms with Gasteiger partial charge in [0.25, 0.3) is 5.91 Å². The number of imidazole rings is 1. The summed E-state index contributed by atoms with van der Waals surface area (Å²) < 4.78 is 1.85. The molecular weight excluding hydrogens is 266 g/mol. The van der Waals surface area contributed by atoms with E-state index in [-0.39, 0.29) is 11.7 Å². The van der Waals surface area contributed by atoms with Gasteiger partial charge in [0.15, 0.2) is 0 Å². The zero-order valence-electron chi connectivity index (χ0n) is 11.4. The Morgan fingerprint density at radius 3 is 2.86 bits per heavy atom. The molecule has 2 N–H and O–H groups in total. The molecule has 5 nitrogen and oxygen atoms in total. The van der Waals surface area contributed by atoms with Crippen molar-refractivity contribution in [2.24, 2.45) is 0 Å². The number of nitrogens with one attached hydrogen (secondary N) is 1. The Balaban J connectivity index is 1.59. The van der Waals surface area contributed by atoms with Crippen LogP contribution in [0.3, 0.4) is 0 Å². The van der Waals surface area contributed by atoms with Gasteiger partial charge in [-0.1, -0.05) is 12.1 Å². The predicted octanol–water partition coefficient (Wildman–Crippen LogP) is 2.01. The lowest BCUT2D eigenvalue weighted by Crippen LogP contribution is -2.25. The molecule has 0 bridgehead atoms. The molecule has 0 saturated heterocycles. The Hall–Kier alpha value is -2.82. The second-order valence-corrected chi connectivity index (χ2v) is 4.81. The highest BCUT2D eigenvalue weighted by Gasteiger charge is 2.06. The number of aromatic hydroxyl groups is 1. The minimum absolute atomic E-state index is 0.0996. The molecule has 0 radical (unpaired) electrons. The van der Waals surface area contributed by atoms with Gasteiger partial charge in [-0.2, -0.15) is 0 Å². The second-order valence-electron chi connectivity index (χ2n) is 4.81. The van der Waals surface area contributed by atoms with E-state index in [1.54, 1.807) is 30.7 Å². The van der Waals surface area contributed by atoms with E-state index in [0.717, 1.165) is 17.5 Å². The molecule has 0 aliphatic carbocycles. The number of benzene rings is 1. The lowest BCUT2D eigenvalue weighted by Gasteiger charge is -2.06. The number of amides is 1. The van der Waals surface area contributed by atoms with Gasteiger partial charge >= 0.3 is 0 Å². The number of fused-ring (bicyclic) bond motifs is 1. The maximum atomic E-state index is 12.1. The van der Waals surface area contributed by atoms with E-state index in [2.05, 4.69) is 10.3 Å². The van der Waals surface area contributed by atoms with Crippen LogP contribution in [0.5, 0.6) is 5.75 Å². The number of phenols is 1. The number of rotatable bonds is 4. The number of phenolic OH excluding ortho intramolecular Hbond substituents is 1. The SMILES string of the molecule is O=C(NCCc1ccc(O)cc1)c1ccn2cncc2c1. The number of carbonyl (C=O) groups is 1. The largest absolute Gasteiger partial charge is 0.508 e. The molecule has 0 unspecified atom stereocenters. The van der Waals surface area contributed by atoms with Crippen molar-refractivity contribution >= 4 is 11.4 Å². The monoisotopic (exact) mass is 281 g/mol. The van der Waals surface area contributed by atoms with Crippen LogP contribution in [-0.4, -0.2) is 26.9 Å². The zero-order chi connectivity index (χ0) is 14.7. The first kappa shape index (κ1) is 13.2. The van der Waals surface area contributed by atoms with Crippen LogP contribution in [0.2, 0.25) is 0 Å². The molecule has 1 aromatic carbocycles. The van der Waals surface area contributed by atoms with Gasteiger partial charge < -0.3 is 14.8 Å². The van der Waals surface area contributed by atoms with Crippen LogP contribution in [-0.2, 0) is 6.42 Å². The highest BCUT2D eigenvalue weighted by Crippen LogP contribution is 2.10. The van der Waals surface area contributed by atoms with E-state index in [1.165, 1.54) is 0 Å². The van der Waals surface area contributed by atoms with E-state index in [4.69, 9.17) is 0 Å². The molecule has 3 rings (SSSR count).